The molecule has 121 valence electrons. The third kappa shape index (κ3) is 12.9. The summed E-state index contributed by atoms with van der Waals surface area (Å²) in [6.07, 6.45) is 12.4. The van der Waals surface area contributed by atoms with Crippen molar-refractivity contribution in [1.29, 1.82) is 0 Å². The van der Waals surface area contributed by atoms with Gasteiger partial charge in [-0.1, -0.05) is 64.7 Å². The van der Waals surface area contributed by atoms with Crippen LogP contribution in [0.15, 0.2) is 0 Å². The summed E-state index contributed by atoms with van der Waals surface area (Å²) in [4.78, 5) is 0. The van der Waals surface area contributed by atoms with E-state index in [1.165, 1.54) is 57.8 Å². The molecule has 0 amide bonds. The normalized spacial score (nSPS) is 14.4. The number of hydrogen-bond acceptors (Lipinski definition) is 3. The lowest BCUT2D eigenvalue weighted by Crippen LogP contribution is -2.28. The quantitative estimate of drug-likeness (QED) is 0.450. The van der Waals surface area contributed by atoms with Crippen LogP contribution in [0.25, 0.3) is 0 Å². The van der Waals surface area contributed by atoms with E-state index in [1.807, 2.05) is 0 Å². The molecular weight excluding hydrogens is 252 g/mol. The maximum absolute atomic E-state index is 9.36. The van der Waals surface area contributed by atoms with Gasteiger partial charge in [-0.15, -0.1) is 0 Å². The van der Waals surface area contributed by atoms with Crippen molar-refractivity contribution in [2.24, 2.45) is 0 Å². The molecule has 0 rings (SSSR count). The Morgan fingerprint density at radius 2 is 1.40 bits per heavy atom. The van der Waals surface area contributed by atoms with Gasteiger partial charge in [-0.2, -0.15) is 0 Å². The zero-order chi connectivity index (χ0) is 15.1. The summed E-state index contributed by atoms with van der Waals surface area (Å²) in [5.41, 5.74) is 0. The summed E-state index contributed by atoms with van der Waals surface area (Å²) in [5.74, 6) is 0. The molecule has 0 heterocycles. The molecule has 0 saturated heterocycles. The minimum Gasteiger partial charge on any atom is -0.396 e. The lowest BCUT2D eigenvalue weighted by Gasteiger charge is -2.19. The molecule has 0 aliphatic heterocycles. The summed E-state index contributed by atoms with van der Waals surface area (Å²) in [7, 11) is 0. The standard InChI is InChI=1S/C17H35O3/c1-3-4-5-6-7-8-9-10-11-12-15-20-17(13-14-18)16(2)19/h16-19H,2-15H2,1H3. The van der Waals surface area contributed by atoms with Gasteiger partial charge in [0.1, 0.15) is 0 Å². The lowest BCUT2D eigenvalue weighted by molar-refractivity contribution is -0.0315. The maximum Gasteiger partial charge on any atom is 0.0855 e. The zero-order valence-electron chi connectivity index (χ0n) is 13.4. The molecule has 0 aromatic rings. The van der Waals surface area contributed by atoms with E-state index in [-0.39, 0.29) is 12.7 Å². The minimum absolute atomic E-state index is 0.0370. The van der Waals surface area contributed by atoms with E-state index in [0.717, 1.165) is 6.42 Å². The molecule has 0 aliphatic carbocycles. The van der Waals surface area contributed by atoms with Gasteiger partial charge in [0, 0.05) is 13.2 Å². The number of ether oxygens (including phenoxy) is 1. The Kier molecular flexibility index (Phi) is 15.2. The van der Waals surface area contributed by atoms with Crippen molar-refractivity contribution < 1.29 is 14.9 Å². The second-order valence-electron chi connectivity index (χ2n) is 5.67. The number of rotatable bonds is 15. The molecule has 2 unspecified atom stereocenters. The fourth-order valence-corrected chi connectivity index (χ4v) is 2.34. The van der Waals surface area contributed by atoms with Gasteiger partial charge in [-0.3, -0.25) is 0 Å². The van der Waals surface area contributed by atoms with Crippen molar-refractivity contribution in [1.82, 2.24) is 0 Å². The summed E-state index contributed by atoms with van der Waals surface area (Å²) >= 11 is 0. The van der Waals surface area contributed by atoms with Crippen molar-refractivity contribution in [3.8, 4) is 0 Å². The van der Waals surface area contributed by atoms with Gasteiger partial charge in [-0.05, 0) is 19.8 Å². The molecule has 0 saturated carbocycles. The first-order chi connectivity index (χ1) is 9.72. The second kappa shape index (κ2) is 15.3. The monoisotopic (exact) mass is 287 g/mol. The third-order valence-electron chi connectivity index (χ3n) is 3.67. The van der Waals surface area contributed by atoms with Crippen LogP contribution in [0.2, 0.25) is 0 Å². The molecular formula is C17H35O3. The minimum atomic E-state index is -0.745. The van der Waals surface area contributed by atoms with Crippen LogP contribution >= 0.6 is 0 Å². The van der Waals surface area contributed by atoms with Crippen LogP contribution in [0, 0.1) is 6.92 Å². The topological polar surface area (TPSA) is 49.7 Å². The fourth-order valence-electron chi connectivity index (χ4n) is 2.34. The maximum atomic E-state index is 9.36. The van der Waals surface area contributed by atoms with Crippen LogP contribution < -0.4 is 0 Å². The molecule has 20 heavy (non-hydrogen) atoms. The lowest BCUT2D eigenvalue weighted by atomic mass is 10.1. The predicted molar refractivity (Wildman–Crippen MR) is 84.7 cm³/mol. The molecule has 3 heteroatoms. The van der Waals surface area contributed by atoms with Crippen molar-refractivity contribution in [3.63, 3.8) is 0 Å². The highest BCUT2D eigenvalue weighted by Crippen LogP contribution is 2.11. The molecule has 2 N–H and O–H groups in total. The highest BCUT2D eigenvalue weighted by molar-refractivity contribution is 4.70. The number of unbranched alkanes of at least 4 members (excludes halogenated alkanes) is 9. The van der Waals surface area contributed by atoms with Crippen molar-refractivity contribution in [2.45, 2.75) is 89.8 Å². The number of hydrogen-bond donors (Lipinski definition) is 2. The number of aliphatic hydroxyl groups is 2. The molecule has 3 nitrogen and oxygen atoms in total. The molecule has 0 fully saturated rings. The summed E-state index contributed by atoms with van der Waals surface area (Å²) in [6, 6.07) is 0. The van der Waals surface area contributed by atoms with E-state index in [0.29, 0.717) is 13.0 Å². The van der Waals surface area contributed by atoms with Gasteiger partial charge in [0.05, 0.1) is 12.2 Å². The van der Waals surface area contributed by atoms with Crippen molar-refractivity contribution >= 4 is 0 Å². The second-order valence-corrected chi connectivity index (χ2v) is 5.67. The largest absolute Gasteiger partial charge is 0.396 e. The Bertz CT molecular complexity index is 183. The van der Waals surface area contributed by atoms with Gasteiger partial charge >= 0.3 is 0 Å². The Labute approximate surface area is 125 Å². The third-order valence-corrected chi connectivity index (χ3v) is 3.67. The Hall–Kier alpha value is -0.120. The molecule has 0 bridgehead atoms. The van der Waals surface area contributed by atoms with Crippen LogP contribution in [0.5, 0.6) is 0 Å². The highest BCUT2D eigenvalue weighted by Gasteiger charge is 2.14. The van der Waals surface area contributed by atoms with Crippen LogP contribution in [-0.4, -0.2) is 35.6 Å². The average Bonchev–Trinajstić information content (AvgIpc) is 2.43. The van der Waals surface area contributed by atoms with Crippen LogP contribution in [0.4, 0.5) is 0 Å². The summed E-state index contributed by atoms with van der Waals surface area (Å²) in [5, 5.41) is 18.2. The molecule has 0 aromatic heterocycles. The van der Waals surface area contributed by atoms with Crippen LogP contribution in [-0.2, 0) is 4.74 Å². The Morgan fingerprint density at radius 3 is 1.85 bits per heavy atom. The predicted octanol–water partition coefficient (Wildman–Crippen LogP) is 3.87. The van der Waals surface area contributed by atoms with E-state index in [4.69, 9.17) is 9.84 Å². The zero-order valence-corrected chi connectivity index (χ0v) is 13.4. The van der Waals surface area contributed by atoms with E-state index in [9.17, 15) is 5.11 Å². The summed E-state index contributed by atoms with van der Waals surface area (Å²) in [6.45, 7) is 6.50. The Morgan fingerprint density at radius 1 is 0.900 bits per heavy atom. The van der Waals surface area contributed by atoms with Crippen LogP contribution in [0.1, 0.15) is 77.6 Å². The number of aliphatic hydroxyl groups excluding tert-OH is 2. The molecule has 0 aromatic carbocycles. The highest BCUT2D eigenvalue weighted by atomic mass is 16.5. The van der Waals surface area contributed by atoms with Gasteiger partial charge in [-0.25, -0.2) is 0 Å². The first kappa shape index (κ1) is 19.9. The fraction of sp³-hybridized carbons (Fsp3) is 0.941. The molecule has 0 aliphatic rings. The molecule has 2 atom stereocenters. The Balaban J connectivity index is 3.23. The SMILES string of the molecule is [CH2]C(O)C(CCO)OCCCCCCCCCCCC. The van der Waals surface area contributed by atoms with Gasteiger partial charge in [0.25, 0.3) is 0 Å². The first-order valence-corrected chi connectivity index (χ1v) is 8.46. The van der Waals surface area contributed by atoms with Crippen LogP contribution in [0.3, 0.4) is 0 Å². The smallest absolute Gasteiger partial charge is 0.0855 e. The van der Waals surface area contributed by atoms with E-state index < -0.39 is 6.10 Å². The van der Waals surface area contributed by atoms with E-state index >= 15 is 0 Å². The van der Waals surface area contributed by atoms with Crippen molar-refractivity contribution in [2.75, 3.05) is 13.2 Å². The van der Waals surface area contributed by atoms with E-state index in [1.54, 1.807) is 0 Å². The molecule has 0 spiro atoms. The van der Waals surface area contributed by atoms with E-state index in [2.05, 4.69) is 13.8 Å². The molecule has 1 radical (unpaired) electrons. The van der Waals surface area contributed by atoms with Gasteiger partial charge < -0.3 is 14.9 Å². The van der Waals surface area contributed by atoms with Gasteiger partial charge in [0.15, 0.2) is 0 Å². The van der Waals surface area contributed by atoms with Gasteiger partial charge in [0.2, 0.25) is 0 Å². The summed E-state index contributed by atoms with van der Waals surface area (Å²) < 4.78 is 5.54. The van der Waals surface area contributed by atoms with Crippen molar-refractivity contribution in [3.05, 3.63) is 6.92 Å². The first-order valence-electron chi connectivity index (χ1n) is 8.46. The average molecular weight is 287 g/mol.